The Morgan fingerprint density at radius 3 is 2.52 bits per heavy atom. The molecule has 42 heavy (non-hydrogen) atoms. The molecule has 0 bridgehead atoms. The molecule has 0 spiro atoms. The van der Waals surface area contributed by atoms with Crippen molar-refractivity contribution < 1.29 is 31.1 Å². The molecule has 0 aliphatic carbocycles. The van der Waals surface area contributed by atoms with Gasteiger partial charge in [0.1, 0.15) is 5.82 Å². The zero-order chi connectivity index (χ0) is 30.1. The summed E-state index contributed by atoms with van der Waals surface area (Å²) >= 11 is 6.47. The number of hydrogen-bond acceptors (Lipinski definition) is 9. The number of carbonyl (C=O) groups excluding carboxylic acids is 1. The molecule has 2 atom stereocenters. The van der Waals surface area contributed by atoms with E-state index in [1.807, 2.05) is 9.80 Å². The SMILES string of the molecule is CS(=O)(=O)N[C@H]1CCN(c2ccc3c(C(=O)NCC(c4cnc(C(F)(F)F)nc4)N4CCOCC4)c(Cl)ccc3n2)C1. The monoisotopic (exact) mass is 627 g/mol. The molecule has 0 radical (unpaired) electrons. The first-order valence-corrected chi connectivity index (χ1v) is 15.5. The molecule has 226 valence electrons. The molecule has 0 saturated carbocycles. The number of nitrogens with one attached hydrogen (secondary N) is 2. The summed E-state index contributed by atoms with van der Waals surface area (Å²) < 4.78 is 70.3. The van der Waals surface area contributed by atoms with Gasteiger partial charge in [-0.05, 0) is 30.7 Å². The van der Waals surface area contributed by atoms with Gasteiger partial charge in [0.05, 0.1) is 41.6 Å². The van der Waals surface area contributed by atoms with E-state index in [1.165, 1.54) is 0 Å². The molecule has 1 unspecified atom stereocenters. The van der Waals surface area contributed by atoms with E-state index in [4.69, 9.17) is 21.3 Å². The number of nitrogens with zero attached hydrogens (tertiary/aromatic N) is 5. The van der Waals surface area contributed by atoms with E-state index in [2.05, 4.69) is 20.0 Å². The molecule has 2 fully saturated rings. The molecule has 11 nitrogen and oxygen atoms in total. The second kappa shape index (κ2) is 12.2. The van der Waals surface area contributed by atoms with Crippen LogP contribution in [0.5, 0.6) is 0 Å². The second-order valence-electron chi connectivity index (χ2n) is 10.2. The van der Waals surface area contributed by atoms with Gasteiger partial charge in [0.15, 0.2) is 0 Å². The molecule has 2 N–H and O–H groups in total. The molecular formula is C26H29ClF3N7O4S. The van der Waals surface area contributed by atoms with Gasteiger partial charge in [0.2, 0.25) is 15.8 Å². The summed E-state index contributed by atoms with van der Waals surface area (Å²) in [5.41, 5.74) is 1.17. The van der Waals surface area contributed by atoms with Crippen molar-refractivity contribution in [1.82, 2.24) is 29.9 Å². The Kier molecular flexibility index (Phi) is 8.85. The van der Waals surface area contributed by atoms with Crippen molar-refractivity contribution in [3.05, 3.63) is 58.6 Å². The van der Waals surface area contributed by atoms with Crippen LogP contribution in [0.4, 0.5) is 19.0 Å². The van der Waals surface area contributed by atoms with Gasteiger partial charge in [-0.1, -0.05) is 11.6 Å². The number of alkyl halides is 3. The molecule has 5 rings (SSSR count). The average molecular weight is 628 g/mol. The lowest BCUT2D eigenvalue weighted by Crippen LogP contribution is -2.44. The van der Waals surface area contributed by atoms with Crippen LogP contribution in [0.3, 0.4) is 0 Å². The van der Waals surface area contributed by atoms with E-state index < -0.39 is 34.0 Å². The minimum atomic E-state index is -4.66. The quantitative estimate of drug-likeness (QED) is 0.387. The number of rotatable bonds is 8. The summed E-state index contributed by atoms with van der Waals surface area (Å²) in [7, 11) is -3.33. The largest absolute Gasteiger partial charge is 0.451 e. The molecule has 2 saturated heterocycles. The first kappa shape index (κ1) is 30.4. The number of pyridine rings is 1. The second-order valence-corrected chi connectivity index (χ2v) is 12.4. The first-order valence-electron chi connectivity index (χ1n) is 13.2. The highest BCUT2D eigenvalue weighted by atomic mass is 35.5. The third-order valence-electron chi connectivity index (χ3n) is 7.18. The highest BCUT2D eigenvalue weighted by Gasteiger charge is 2.35. The fraction of sp³-hybridized carbons (Fsp3) is 0.462. The molecule has 2 aromatic heterocycles. The van der Waals surface area contributed by atoms with Crippen molar-refractivity contribution in [2.24, 2.45) is 0 Å². The van der Waals surface area contributed by atoms with Gasteiger partial charge >= 0.3 is 6.18 Å². The fourth-order valence-electron chi connectivity index (χ4n) is 5.22. The Hall–Kier alpha value is -3.11. The summed E-state index contributed by atoms with van der Waals surface area (Å²) in [5, 5.41) is 3.62. The average Bonchev–Trinajstić information content (AvgIpc) is 3.40. The van der Waals surface area contributed by atoms with Gasteiger partial charge in [-0.3, -0.25) is 9.69 Å². The van der Waals surface area contributed by atoms with Crippen molar-refractivity contribution >= 4 is 44.3 Å². The van der Waals surface area contributed by atoms with Crippen LogP contribution in [-0.2, 0) is 20.9 Å². The number of benzene rings is 1. The van der Waals surface area contributed by atoms with Crippen LogP contribution in [-0.4, -0.2) is 92.4 Å². The van der Waals surface area contributed by atoms with Crippen LogP contribution in [0, 0.1) is 0 Å². The number of sulfonamides is 1. The topological polar surface area (TPSA) is 130 Å². The molecule has 2 aliphatic rings. The summed E-state index contributed by atoms with van der Waals surface area (Å²) in [6, 6.07) is 6.07. The summed E-state index contributed by atoms with van der Waals surface area (Å²) in [5.74, 6) is -1.06. The van der Waals surface area contributed by atoms with Gasteiger partial charge in [0, 0.05) is 62.1 Å². The predicted octanol–water partition coefficient (Wildman–Crippen LogP) is 2.63. The maximum Gasteiger partial charge on any atom is 0.451 e. The lowest BCUT2D eigenvalue weighted by Gasteiger charge is -2.34. The van der Waals surface area contributed by atoms with Crippen molar-refractivity contribution in [2.75, 3.05) is 57.1 Å². The number of hydrogen-bond donors (Lipinski definition) is 2. The Morgan fingerprint density at radius 1 is 1.14 bits per heavy atom. The standard InChI is InChI=1S/C26H29ClF3N7O4S/c1-42(39,40)35-17-6-7-37(15-17)22-5-2-18-20(34-22)4-3-19(27)23(18)24(38)31-14-21(36-8-10-41-11-9-36)16-12-32-25(33-13-16)26(28,29)30/h2-5,12-13,17,21,35H,6-11,14-15H2,1H3,(H,31,38)/t17-,21?/m0/s1. The third-order valence-corrected chi connectivity index (χ3v) is 8.25. The zero-order valence-corrected chi connectivity index (χ0v) is 24.1. The van der Waals surface area contributed by atoms with Crippen molar-refractivity contribution in [3.63, 3.8) is 0 Å². The van der Waals surface area contributed by atoms with E-state index in [0.29, 0.717) is 68.1 Å². The van der Waals surface area contributed by atoms with E-state index in [-0.39, 0.29) is 23.2 Å². The lowest BCUT2D eigenvalue weighted by atomic mass is 10.1. The molecule has 2 aliphatic heterocycles. The Morgan fingerprint density at radius 2 is 1.86 bits per heavy atom. The molecule has 4 heterocycles. The molecule has 1 amide bonds. The van der Waals surface area contributed by atoms with E-state index in [1.54, 1.807) is 24.3 Å². The van der Waals surface area contributed by atoms with Gasteiger partial charge in [0.25, 0.3) is 5.91 Å². The summed E-state index contributed by atoms with van der Waals surface area (Å²) in [6.07, 6.45) is -0.639. The Balaban J connectivity index is 1.35. The zero-order valence-electron chi connectivity index (χ0n) is 22.6. The van der Waals surface area contributed by atoms with Crippen LogP contribution >= 0.6 is 11.6 Å². The Bertz CT molecular complexity index is 1550. The maximum atomic E-state index is 13.5. The van der Waals surface area contributed by atoms with Crippen molar-refractivity contribution in [2.45, 2.75) is 24.7 Å². The van der Waals surface area contributed by atoms with Crippen molar-refractivity contribution in [3.8, 4) is 0 Å². The summed E-state index contributed by atoms with van der Waals surface area (Å²) in [4.78, 5) is 29.1. The molecule has 1 aromatic carbocycles. The van der Waals surface area contributed by atoms with Gasteiger partial charge < -0.3 is 15.0 Å². The number of halogens is 4. The van der Waals surface area contributed by atoms with Crippen LogP contribution < -0.4 is 14.9 Å². The first-order chi connectivity index (χ1) is 19.9. The van der Waals surface area contributed by atoms with Crippen molar-refractivity contribution in [1.29, 1.82) is 0 Å². The number of carbonyl (C=O) groups is 1. The number of morpholine rings is 1. The summed E-state index contributed by atoms with van der Waals surface area (Å²) in [6.45, 7) is 3.05. The third kappa shape index (κ3) is 7.09. The highest BCUT2D eigenvalue weighted by molar-refractivity contribution is 7.88. The van der Waals surface area contributed by atoms with Gasteiger partial charge in [-0.2, -0.15) is 13.2 Å². The number of aromatic nitrogens is 3. The molecule has 16 heteroatoms. The number of fused-ring (bicyclic) bond motifs is 1. The van der Waals surface area contributed by atoms with Crippen LogP contribution in [0.25, 0.3) is 10.9 Å². The lowest BCUT2D eigenvalue weighted by molar-refractivity contribution is -0.145. The normalized spacial score (nSPS) is 19.3. The minimum absolute atomic E-state index is 0.0638. The molecule has 3 aromatic rings. The van der Waals surface area contributed by atoms with E-state index >= 15 is 0 Å². The van der Waals surface area contributed by atoms with E-state index in [9.17, 15) is 26.4 Å². The maximum absolute atomic E-state index is 13.5. The number of ether oxygens (including phenoxy) is 1. The van der Waals surface area contributed by atoms with E-state index in [0.717, 1.165) is 18.6 Å². The van der Waals surface area contributed by atoms with Gasteiger partial charge in [-0.25, -0.2) is 28.1 Å². The molecular weight excluding hydrogens is 599 g/mol. The van der Waals surface area contributed by atoms with Crippen LogP contribution in [0.2, 0.25) is 5.02 Å². The van der Waals surface area contributed by atoms with Crippen LogP contribution in [0.15, 0.2) is 36.7 Å². The van der Waals surface area contributed by atoms with Gasteiger partial charge in [-0.15, -0.1) is 0 Å². The fourth-order valence-corrected chi connectivity index (χ4v) is 6.27. The number of anilines is 1. The van der Waals surface area contributed by atoms with Crippen LogP contribution in [0.1, 0.15) is 34.2 Å². The highest BCUT2D eigenvalue weighted by Crippen LogP contribution is 2.30. The number of amides is 1. The predicted molar refractivity (Wildman–Crippen MR) is 150 cm³/mol. The smallest absolute Gasteiger partial charge is 0.379 e. The minimum Gasteiger partial charge on any atom is -0.379 e. The Labute approximate surface area is 245 Å².